The van der Waals surface area contributed by atoms with Gasteiger partial charge in [-0.25, -0.2) is 9.97 Å². The van der Waals surface area contributed by atoms with Gasteiger partial charge in [-0.1, -0.05) is 18.5 Å². The van der Waals surface area contributed by atoms with Crippen LogP contribution in [0.1, 0.15) is 29.4 Å². The zero-order valence-electron chi connectivity index (χ0n) is 12.6. The summed E-state index contributed by atoms with van der Waals surface area (Å²) in [7, 11) is 0. The van der Waals surface area contributed by atoms with E-state index in [0.29, 0.717) is 6.54 Å². The lowest BCUT2D eigenvalue weighted by molar-refractivity contribution is -0.137. The molecule has 1 aromatic carbocycles. The van der Waals surface area contributed by atoms with Crippen LogP contribution >= 0.6 is 11.6 Å². The van der Waals surface area contributed by atoms with Gasteiger partial charge >= 0.3 is 6.18 Å². The Morgan fingerprint density at radius 3 is 2.58 bits per heavy atom. The first-order chi connectivity index (χ1) is 11.3. The second kappa shape index (κ2) is 7.48. The van der Waals surface area contributed by atoms with Crippen LogP contribution in [0.2, 0.25) is 5.02 Å². The van der Waals surface area contributed by atoms with Crippen LogP contribution in [0, 0.1) is 0 Å². The minimum atomic E-state index is -4.48. The summed E-state index contributed by atoms with van der Waals surface area (Å²) in [5, 5.41) is 5.41. The highest BCUT2D eigenvalue weighted by atomic mass is 35.5. The predicted molar refractivity (Wildman–Crippen MR) is 84.4 cm³/mol. The van der Waals surface area contributed by atoms with E-state index in [1.165, 1.54) is 12.4 Å². The molecule has 1 amide bonds. The summed E-state index contributed by atoms with van der Waals surface area (Å²) in [4.78, 5) is 19.6. The Balaban J connectivity index is 2.15. The number of rotatable bonds is 5. The molecule has 0 fully saturated rings. The molecular weight excluding hydrogens is 345 g/mol. The molecule has 0 bridgehead atoms. The van der Waals surface area contributed by atoms with Gasteiger partial charge in [0.2, 0.25) is 0 Å². The van der Waals surface area contributed by atoms with Gasteiger partial charge in [0, 0.05) is 6.54 Å². The normalized spacial score (nSPS) is 11.2. The zero-order chi connectivity index (χ0) is 17.7. The summed E-state index contributed by atoms with van der Waals surface area (Å²) in [6.07, 6.45) is -1.22. The molecule has 0 saturated heterocycles. The molecule has 2 aromatic rings. The molecule has 0 radical (unpaired) electrons. The van der Waals surface area contributed by atoms with Crippen molar-refractivity contribution < 1.29 is 18.0 Å². The average Bonchev–Trinajstić information content (AvgIpc) is 2.54. The van der Waals surface area contributed by atoms with Crippen LogP contribution in [0.15, 0.2) is 30.6 Å². The molecule has 5 nitrogen and oxygen atoms in total. The molecule has 2 rings (SSSR count). The lowest BCUT2D eigenvalue weighted by Crippen LogP contribution is -2.25. The minimum absolute atomic E-state index is 0.0453. The Hall–Kier alpha value is -2.35. The van der Waals surface area contributed by atoms with E-state index in [1.54, 1.807) is 0 Å². The summed E-state index contributed by atoms with van der Waals surface area (Å²) in [6.45, 7) is 2.43. The number of carbonyl (C=O) groups excluding carboxylic acids is 1. The van der Waals surface area contributed by atoms with Gasteiger partial charge < -0.3 is 10.6 Å². The number of nitrogens with one attached hydrogen (secondary N) is 2. The van der Waals surface area contributed by atoms with E-state index in [1.807, 2.05) is 6.92 Å². The van der Waals surface area contributed by atoms with Crippen molar-refractivity contribution in [2.75, 3.05) is 11.9 Å². The molecule has 0 saturated carbocycles. The Morgan fingerprint density at radius 1 is 1.25 bits per heavy atom. The van der Waals surface area contributed by atoms with Gasteiger partial charge in [0.05, 0.1) is 28.7 Å². The number of hydrogen-bond acceptors (Lipinski definition) is 4. The van der Waals surface area contributed by atoms with Crippen molar-refractivity contribution in [2.45, 2.75) is 19.5 Å². The molecule has 0 aliphatic heterocycles. The third kappa shape index (κ3) is 4.58. The fourth-order valence-corrected chi connectivity index (χ4v) is 1.94. The highest BCUT2D eigenvalue weighted by Crippen LogP contribution is 2.34. The summed E-state index contributed by atoms with van der Waals surface area (Å²) < 4.78 is 38.2. The lowest BCUT2D eigenvalue weighted by atomic mass is 10.2. The minimum Gasteiger partial charge on any atom is -0.351 e. The number of halogens is 4. The fourth-order valence-electron chi connectivity index (χ4n) is 1.77. The molecule has 0 aliphatic rings. The standard InChI is InChI=1S/C15H14ClF3N4O/c1-2-5-20-14(24)12-7-22-13(8-21-12)23-11-6-9(15(17,18)19)3-4-10(11)16/h3-4,6-8H,2,5H2,1H3,(H,20,24)(H,22,23). The maximum absolute atomic E-state index is 12.7. The van der Waals surface area contributed by atoms with Gasteiger partial charge in [0.15, 0.2) is 0 Å². The van der Waals surface area contributed by atoms with Crippen molar-refractivity contribution in [1.29, 1.82) is 0 Å². The van der Waals surface area contributed by atoms with Crippen molar-refractivity contribution in [2.24, 2.45) is 0 Å². The molecule has 0 spiro atoms. The van der Waals surface area contributed by atoms with E-state index in [-0.39, 0.29) is 28.1 Å². The molecule has 0 aliphatic carbocycles. The second-order valence-electron chi connectivity index (χ2n) is 4.86. The molecule has 1 aromatic heterocycles. The van der Waals surface area contributed by atoms with Crippen molar-refractivity contribution in [1.82, 2.24) is 15.3 Å². The van der Waals surface area contributed by atoms with Crippen LogP contribution in [0.25, 0.3) is 0 Å². The number of benzene rings is 1. The Morgan fingerprint density at radius 2 is 2.00 bits per heavy atom. The molecule has 2 N–H and O–H groups in total. The fraction of sp³-hybridized carbons (Fsp3) is 0.267. The van der Waals surface area contributed by atoms with Crippen molar-refractivity contribution >= 4 is 29.0 Å². The Bertz CT molecular complexity index is 720. The largest absolute Gasteiger partial charge is 0.416 e. The molecule has 24 heavy (non-hydrogen) atoms. The Kier molecular flexibility index (Phi) is 5.61. The van der Waals surface area contributed by atoms with E-state index in [9.17, 15) is 18.0 Å². The van der Waals surface area contributed by atoms with Gasteiger partial charge in [-0.05, 0) is 24.6 Å². The quantitative estimate of drug-likeness (QED) is 0.846. The highest BCUT2D eigenvalue weighted by Gasteiger charge is 2.31. The zero-order valence-corrected chi connectivity index (χ0v) is 13.4. The maximum Gasteiger partial charge on any atom is 0.416 e. The molecular formula is C15H14ClF3N4O. The maximum atomic E-state index is 12.7. The van der Waals surface area contributed by atoms with E-state index in [2.05, 4.69) is 20.6 Å². The van der Waals surface area contributed by atoms with E-state index in [0.717, 1.165) is 24.6 Å². The van der Waals surface area contributed by atoms with Gasteiger partial charge in [-0.15, -0.1) is 0 Å². The number of nitrogens with zero attached hydrogens (tertiary/aromatic N) is 2. The van der Waals surface area contributed by atoms with Gasteiger partial charge in [0.1, 0.15) is 11.5 Å². The van der Waals surface area contributed by atoms with Gasteiger partial charge in [0.25, 0.3) is 5.91 Å². The summed E-state index contributed by atoms with van der Waals surface area (Å²) >= 11 is 5.89. The van der Waals surface area contributed by atoms with Crippen LogP contribution in [0.3, 0.4) is 0 Å². The van der Waals surface area contributed by atoms with Crippen molar-refractivity contribution in [3.63, 3.8) is 0 Å². The Labute approximate surface area is 141 Å². The molecule has 0 atom stereocenters. The number of hydrogen-bond donors (Lipinski definition) is 2. The van der Waals surface area contributed by atoms with Crippen LogP contribution in [0.5, 0.6) is 0 Å². The van der Waals surface area contributed by atoms with E-state index < -0.39 is 11.7 Å². The second-order valence-corrected chi connectivity index (χ2v) is 5.27. The van der Waals surface area contributed by atoms with Crippen LogP contribution in [0.4, 0.5) is 24.7 Å². The third-order valence-corrected chi connectivity index (χ3v) is 3.31. The smallest absolute Gasteiger partial charge is 0.351 e. The first kappa shape index (κ1) is 18.0. The summed E-state index contributed by atoms with van der Waals surface area (Å²) in [5.41, 5.74) is -0.675. The van der Waals surface area contributed by atoms with E-state index >= 15 is 0 Å². The third-order valence-electron chi connectivity index (χ3n) is 2.98. The number of anilines is 2. The first-order valence-electron chi connectivity index (χ1n) is 7.05. The van der Waals surface area contributed by atoms with Crippen molar-refractivity contribution in [3.05, 3.63) is 46.9 Å². The SMILES string of the molecule is CCCNC(=O)c1cnc(Nc2cc(C(F)(F)F)ccc2Cl)cn1. The van der Waals surface area contributed by atoms with Gasteiger partial charge in [-0.2, -0.15) is 13.2 Å². The first-order valence-corrected chi connectivity index (χ1v) is 7.43. The lowest BCUT2D eigenvalue weighted by Gasteiger charge is -2.12. The molecule has 0 unspecified atom stereocenters. The molecule has 1 heterocycles. The van der Waals surface area contributed by atoms with Crippen molar-refractivity contribution in [3.8, 4) is 0 Å². The van der Waals surface area contributed by atoms with Crippen LogP contribution in [-0.4, -0.2) is 22.4 Å². The molecule has 9 heteroatoms. The van der Waals surface area contributed by atoms with E-state index in [4.69, 9.17) is 11.6 Å². The summed E-state index contributed by atoms with van der Waals surface area (Å²) in [6, 6.07) is 2.92. The summed E-state index contributed by atoms with van der Waals surface area (Å²) in [5.74, 6) is -0.198. The number of amides is 1. The number of alkyl halides is 3. The van der Waals surface area contributed by atoms with Gasteiger partial charge in [-0.3, -0.25) is 4.79 Å². The topological polar surface area (TPSA) is 66.9 Å². The average molecular weight is 359 g/mol. The molecule has 128 valence electrons. The predicted octanol–water partition coefficient (Wildman–Crippen LogP) is 4.03. The van der Waals surface area contributed by atoms with Crippen LogP contribution < -0.4 is 10.6 Å². The van der Waals surface area contributed by atoms with Crippen LogP contribution in [-0.2, 0) is 6.18 Å². The number of aromatic nitrogens is 2. The monoisotopic (exact) mass is 358 g/mol. The number of carbonyl (C=O) groups is 1. The highest BCUT2D eigenvalue weighted by molar-refractivity contribution is 6.33.